The van der Waals surface area contributed by atoms with Gasteiger partial charge in [-0.2, -0.15) is 0 Å². The van der Waals surface area contributed by atoms with Gasteiger partial charge in [-0.15, -0.1) is 0 Å². The highest BCUT2D eigenvalue weighted by molar-refractivity contribution is 5.99. The molecular weight excluding hydrogens is 290 g/mol. The number of rotatable bonds is 6. The normalized spacial score (nSPS) is 10.4. The maximum absolute atomic E-state index is 12.5. The number of para-hydroxylation sites is 1. The molecule has 1 aromatic carbocycles. The number of hydrogen-bond acceptors (Lipinski definition) is 5. The molecule has 3 N–H and O–H groups in total. The molecule has 1 heterocycles. The first kappa shape index (κ1) is 16.7. The van der Waals surface area contributed by atoms with E-state index < -0.39 is 0 Å². The number of nitrogen functional groups attached to an aromatic ring is 1. The van der Waals surface area contributed by atoms with E-state index in [-0.39, 0.29) is 5.91 Å². The van der Waals surface area contributed by atoms with Crippen LogP contribution in [0.15, 0.2) is 30.3 Å². The molecule has 6 nitrogen and oxygen atoms in total. The molecule has 0 saturated carbocycles. The van der Waals surface area contributed by atoms with Gasteiger partial charge in [0, 0.05) is 36.7 Å². The largest absolute Gasteiger partial charge is 0.398 e. The van der Waals surface area contributed by atoms with E-state index in [9.17, 15) is 4.79 Å². The van der Waals surface area contributed by atoms with Crippen LogP contribution in [-0.2, 0) is 0 Å². The second-order valence-corrected chi connectivity index (χ2v) is 5.37. The van der Waals surface area contributed by atoms with E-state index in [1.165, 1.54) is 0 Å². The number of likely N-dealkylation sites (N-methyl/N-ethyl adjacent to an activating group) is 1. The van der Waals surface area contributed by atoms with Gasteiger partial charge in [-0.05, 0) is 39.0 Å². The summed E-state index contributed by atoms with van der Waals surface area (Å²) >= 11 is 0. The first-order chi connectivity index (χ1) is 11.0. The number of nitrogens with two attached hydrogens (primary N) is 1. The molecule has 0 fully saturated rings. The highest BCUT2D eigenvalue weighted by Gasteiger charge is 2.16. The zero-order valence-corrected chi connectivity index (χ0v) is 13.8. The zero-order chi connectivity index (χ0) is 16.8. The highest BCUT2D eigenvalue weighted by Crippen LogP contribution is 2.13. The molecule has 0 aliphatic heterocycles. The number of carbonyl (C=O) groups excluding carboxylic acids is 1. The summed E-state index contributed by atoms with van der Waals surface area (Å²) in [4.78, 5) is 22.9. The van der Waals surface area contributed by atoms with Crippen LogP contribution in [0, 0.1) is 13.8 Å². The van der Waals surface area contributed by atoms with Gasteiger partial charge in [-0.25, -0.2) is 9.97 Å². The van der Waals surface area contributed by atoms with Gasteiger partial charge in [0.15, 0.2) is 0 Å². The lowest BCUT2D eigenvalue weighted by Crippen LogP contribution is -2.35. The predicted molar refractivity (Wildman–Crippen MR) is 92.4 cm³/mol. The van der Waals surface area contributed by atoms with Gasteiger partial charge in [0.2, 0.25) is 5.95 Å². The number of aromatic nitrogens is 2. The van der Waals surface area contributed by atoms with Crippen molar-refractivity contribution >= 4 is 17.5 Å². The fourth-order valence-electron chi connectivity index (χ4n) is 2.37. The minimum absolute atomic E-state index is 0.0614. The summed E-state index contributed by atoms with van der Waals surface area (Å²) in [6.45, 7) is 7.56. The van der Waals surface area contributed by atoms with Crippen molar-refractivity contribution in [3.05, 3.63) is 47.3 Å². The molecule has 6 heteroatoms. The Labute approximate surface area is 136 Å². The molecule has 0 bridgehead atoms. The Morgan fingerprint density at radius 3 is 2.48 bits per heavy atom. The number of carbonyl (C=O) groups is 1. The zero-order valence-electron chi connectivity index (χ0n) is 13.8. The van der Waals surface area contributed by atoms with E-state index in [0.29, 0.717) is 36.8 Å². The summed E-state index contributed by atoms with van der Waals surface area (Å²) in [7, 11) is 0. The van der Waals surface area contributed by atoms with Crippen LogP contribution < -0.4 is 11.1 Å². The second kappa shape index (κ2) is 7.58. The first-order valence-corrected chi connectivity index (χ1v) is 7.71. The van der Waals surface area contributed by atoms with Crippen molar-refractivity contribution in [2.75, 3.05) is 30.7 Å². The molecule has 2 rings (SSSR count). The van der Waals surface area contributed by atoms with Crippen LogP contribution in [0.25, 0.3) is 0 Å². The van der Waals surface area contributed by atoms with Gasteiger partial charge in [0.05, 0.1) is 5.56 Å². The Morgan fingerprint density at radius 2 is 1.87 bits per heavy atom. The number of nitrogens with one attached hydrogen (secondary N) is 1. The van der Waals surface area contributed by atoms with Crippen LogP contribution in [0.2, 0.25) is 0 Å². The number of aryl methyl sites for hydroxylation is 2. The summed E-state index contributed by atoms with van der Waals surface area (Å²) in [5.41, 5.74) is 8.76. The molecule has 0 aliphatic carbocycles. The Morgan fingerprint density at radius 1 is 1.22 bits per heavy atom. The minimum Gasteiger partial charge on any atom is -0.398 e. The Bertz CT molecular complexity index is 666. The van der Waals surface area contributed by atoms with Crippen molar-refractivity contribution in [2.24, 2.45) is 0 Å². The number of hydrogen-bond donors (Lipinski definition) is 2. The molecule has 1 amide bonds. The monoisotopic (exact) mass is 313 g/mol. The van der Waals surface area contributed by atoms with Crippen molar-refractivity contribution in [2.45, 2.75) is 20.8 Å². The summed E-state index contributed by atoms with van der Waals surface area (Å²) in [6.07, 6.45) is 0. The van der Waals surface area contributed by atoms with Gasteiger partial charge in [0.1, 0.15) is 0 Å². The standard InChI is InChI=1S/C17H23N5O/c1-4-22(16(23)14-7-5-6-8-15(14)18)10-9-19-17-20-12(2)11-13(3)21-17/h5-8,11H,4,9-10,18H2,1-3H3,(H,19,20,21). The SMILES string of the molecule is CCN(CCNc1nc(C)cc(C)n1)C(=O)c1ccccc1N. The first-order valence-electron chi connectivity index (χ1n) is 7.71. The average Bonchev–Trinajstić information content (AvgIpc) is 2.50. The van der Waals surface area contributed by atoms with Crippen molar-refractivity contribution in [3.8, 4) is 0 Å². The van der Waals surface area contributed by atoms with Gasteiger partial charge < -0.3 is 16.0 Å². The number of benzene rings is 1. The third-order valence-electron chi connectivity index (χ3n) is 3.51. The van der Waals surface area contributed by atoms with Crippen LogP contribution in [-0.4, -0.2) is 40.4 Å². The van der Waals surface area contributed by atoms with Crippen LogP contribution in [0.3, 0.4) is 0 Å². The van der Waals surface area contributed by atoms with Crippen LogP contribution in [0.5, 0.6) is 0 Å². The predicted octanol–water partition coefficient (Wildman–Crippen LogP) is 2.25. The van der Waals surface area contributed by atoms with Gasteiger partial charge in [-0.3, -0.25) is 4.79 Å². The summed E-state index contributed by atoms with van der Waals surface area (Å²) in [5, 5.41) is 3.16. The maximum atomic E-state index is 12.5. The lowest BCUT2D eigenvalue weighted by Gasteiger charge is -2.22. The summed E-state index contributed by atoms with van der Waals surface area (Å²) in [6, 6.07) is 9.05. The number of amides is 1. The van der Waals surface area contributed by atoms with E-state index in [1.807, 2.05) is 39.0 Å². The summed E-state index contributed by atoms with van der Waals surface area (Å²) in [5.74, 6) is 0.527. The molecule has 122 valence electrons. The number of anilines is 2. The van der Waals surface area contributed by atoms with E-state index in [2.05, 4.69) is 15.3 Å². The van der Waals surface area contributed by atoms with Crippen molar-refractivity contribution < 1.29 is 4.79 Å². The summed E-state index contributed by atoms with van der Waals surface area (Å²) < 4.78 is 0. The molecule has 1 aromatic heterocycles. The third-order valence-corrected chi connectivity index (χ3v) is 3.51. The highest BCUT2D eigenvalue weighted by atomic mass is 16.2. The second-order valence-electron chi connectivity index (χ2n) is 5.37. The van der Waals surface area contributed by atoms with Crippen LogP contribution >= 0.6 is 0 Å². The van der Waals surface area contributed by atoms with Crippen molar-refractivity contribution in [1.29, 1.82) is 0 Å². The molecule has 0 radical (unpaired) electrons. The van der Waals surface area contributed by atoms with Gasteiger partial charge in [-0.1, -0.05) is 12.1 Å². The van der Waals surface area contributed by atoms with E-state index >= 15 is 0 Å². The fraction of sp³-hybridized carbons (Fsp3) is 0.353. The number of nitrogens with zero attached hydrogens (tertiary/aromatic N) is 3. The van der Waals surface area contributed by atoms with E-state index in [0.717, 1.165) is 11.4 Å². The maximum Gasteiger partial charge on any atom is 0.255 e. The lowest BCUT2D eigenvalue weighted by molar-refractivity contribution is 0.0771. The van der Waals surface area contributed by atoms with Crippen LogP contribution in [0.1, 0.15) is 28.7 Å². The average molecular weight is 313 g/mol. The fourth-order valence-corrected chi connectivity index (χ4v) is 2.37. The van der Waals surface area contributed by atoms with E-state index in [4.69, 9.17) is 5.73 Å². The topological polar surface area (TPSA) is 84.1 Å². The Balaban J connectivity index is 1.97. The molecular formula is C17H23N5O. The molecule has 0 saturated heterocycles. The molecule has 0 aliphatic rings. The molecule has 0 unspecified atom stereocenters. The molecule has 0 spiro atoms. The third kappa shape index (κ3) is 4.42. The smallest absolute Gasteiger partial charge is 0.255 e. The van der Waals surface area contributed by atoms with Gasteiger partial charge in [0.25, 0.3) is 5.91 Å². The van der Waals surface area contributed by atoms with Crippen LogP contribution in [0.4, 0.5) is 11.6 Å². The molecule has 0 atom stereocenters. The van der Waals surface area contributed by atoms with Crippen molar-refractivity contribution in [3.63, 3.8) is 0 Å². The lowest BCUT2D eigenvalue weighted by atomic mass is 10.1. The van der Waals surface area contributed by atoms with Gasteiger partial charge >= 0.3 is 0 Å². The minimum atomic E-state index is -0.0614. The Hall–Kier alpha value is -2.63. The van der Waals surface area contributed by atoms with Crippen molar-refractivity contribution in [1.82, 2.24) is 14.9 Å². The Kier molecular flexibility index (Phi) is 5.51. The molecule has 23 heavy (non-hydrogen) atoms. The van der Waals surface area contributed by atoms with E-state index in [1.54, 1.807) is 17.0 Å². The quantitative estimate of drug-likeness (QED) is 0.799. The molecule has 2 aromatic rings.